The molecule has 0 fully saturated rings. The molecule has 27 heavy (non-hydrogen) atoms. The standard InChI is InChI=1S/C17H24N4O4S2/c1-11-6-8-13(9-7-11)25-10-12(2)21-27(23,24)16-20-19-15(26-16)18-14(22)17(3,4)5/h6-9,12,21H,10H2,1-5H3,(H,18,19,22)/t12-/m1/s1. The lowest BCUT2D eigenvalue weighted by Crippen LogP contribution is -2.36. The van der Waals surface area contributed by atoms with Crippen LogP contribution in [0.15, 0.2) is 28.6 Å². The third kappa shape index (κ3) is 6.26. The van der Waals surface area contributed by atoms with Crippen molar-refractivity contribution in [3.05, 3.63) is 29.8 Å². The highest BCUT2D eigenvalue weighted by Crippen LogP contribution is 2.23. The van der Waals surface area contributed by atoms with Crippen molar-refractivity contribution in [2.75, 3.05) is 11.9 Å². The Labute approximate surface area is 163 Å². The third-order valence-corrected chi connectivity index (χ3v) is 6.21. The van der Waals surface area contributed by atoms with Crippen LogP contribution in [0.2, 0.25) is 0 Å². The number of amides is 1. The van der Waals surface area contributed by atoms with Gasteiger partial charge < -0.3 is 10.1 Å². The zero-order chi connectivity index (χ0) is 20.2. The van der Waals surface area contributed by atoms with Gasteiger partial charge in [-0.25, -0.2) is 13.1 Å². The molecular formula is C17H24N4O4S2. The molecule has 0 aliphatic carbocycles. The molecule has 1 atom stereocenters. The fraction of sp³-hybridized carbons (Fsp3) is 0.471. The summed E-state index contributed by atoms with van der Waals surface area (Å²) in [5.41, 5.74) is 0.492. The van der Waals surface area contributed by atoms with E-state index in [2.05, 4.69) is 20.2 Å². The van der Waals surface area contributed by atoms with Crippen molar-refractivity contribution in [3.8, 4) is 5.75 Å². The van der Waals surface area contributed by atoms with E-state index in [1.807, 2.05) is 31.2 Å². The molecule has 2 N–H and O–H groups in total. The summed E-state index contributed by atoms with van der Waals surface area (Å²) in [5.74, 6) is 0.394. The second-order valence-corrected chi connectivity index (χ2v) is 10.1. The number of ether oxygens (including phenoxy) is 1. The van der Waals surface area contributed by atoms with Crippen LogP contribution in [0.4, 0.5) is 5.13 Å². The Morgan fingerprint density at radius 1 is 1.22 bits per heavy atom. The van der Waals surface area contributed by atoms with Gasteiger partial charge in [-0.3, -0.25) is 4.79 Å². The normalized spacial score (nSPS) is 13.2. The first-order chi connectivity index (χ1) is 12.5. The van der Waals surface area contributed by atoms with Gasteiger partial charge in [-0.15, -0.1) is 10.2 Å². The number of carbonyl (C=O) groups excluding carboxylic acids is 1. The molecule has 0 aliphatic rings. The number of aryl methyl sites for hydroxylation is 1. The van der Waals surface area contributed by atoms with Crippen molar-refractivity contribution < 1.29 is 17.9 Å². The molecule has 2 rings (SSSR count). The number of hydrogen-bond acceptors (Lipinski definition) is 7. The van der Waals surface area contributed by atoms with Crippen LogP contribution >= 0.6 is 11.3 Å². The molecular weight excluding hydrogens is 388 g/mol. The van der Waals surface area contributed by atoms with E-state index < -0.39 is 21.5 Å². The van der Waals surface area contributed by atoms with Crippen molar-refractivity contribution >= 4 is 32.4 Å². The highest BCUT2D eigenvalue weighted by Gasteiger charge is 2.26. The highest BCUT2D eigenvalue weighted by molar-refractivity contribution is 7.91. The largest absolute Gasteiger partial charge is 0.492 e. The van der Waals surface area contributed by atoms with E-state index in [0.717, 1.165) is 16.9 Å². The summed E-state index contributed by atoms with van der Waals surface area (Å²) in [6.07, 6.45) is 0. The Morgan fingerprint density at radius 3 is 2.44 bits per heavy atom. The van der Waals surface area contributed by atoms with Crippen molar-refractivity contribution in [1.82, 2.24) is 14.9 Å². The van der Waals surface area contributed by atoms with Crippen LogP contribution in [0.25, 0.3) is 0 Å². The summed E-state index contributed by atoms with van der Waals surface area (Å²) in [6, 6.07) is 7.00. The van der Waals surface area contributed by atoms with Crippen LogP contribution in [-0.4, -0.2) is 37.2 Å². The first-order valence-corrected chi connectivity index (χ1v) is 10.6. The van der Waals surface area contributed by atoms with Gasteiger partial charge in [-0.2, -0.15) is 0 Å². The molecule has 0 saturated carbocycles. The maximum Gasteiger partial charge on any atom is 0.270 e. The minimum atomic E-state index is -3.86. The number of aromatic nitrogens is 2. The minimum absolute atomic E-state index is 0.138. The minimum Gasteiger partial charge on any atom is -0.492 e. The first kappa shape index (κ1) is 21.3. The molecule has 0 unspecified atom stereocenters. The summed E-state index contributed by atoms with van der Waals surface area (Å²) in [6.45, 7) is 9.07. The Bertz CT molecular complexity index is 886. The van der Waals surface area contributed by atoms with E-state index in [-0.39, 0.29) is 22.0 Å². The molecule has 2 aromatic rings. The SMILES string of the molecule is Cc1ccc(OC[C@@H](C)NS(=O)(=O)c2nnc(NC(=O)C(C)(C)C)s2)cc1. The van der Waals surface area contributed by atoms with Crippen LogP contribution in [-0.2, 0) is 14.8 Å². The third-order valence-electron chi connectivity index (χ3n) is 3.42. The maximum absolute atomic E-state index is 12.4. The molecule has 0 aliphatic heterocycles. The second kappa shape index (κ2) is 8.32. The maximum atomic E-state index is 12.4. The number of nitrogens with one attached hydrogen (secondary N) is 2. The van der Waals surface area contributed by atoms with Crippen LogP contribution in [0.1, 0.15) is 33.3 Å². The fourth-order valence-electron chi connectivity index (χ4n) is 1.86. The monoisotopic (exact) mass is 412 g/mol. The molecule has 0 spiro atoms. The van der Waals surface area contributed by atoms with Crippen LogP contribution in [0.3, 0.4) is 0 Å². The van der Waals surface area contributed by atoms with Crippen molar-refractivity contribution in [3.63, 3.8) is 0 Å². The van der Waals surface area contributed by atoms with Gasteiger partial charge in [0, 0.05) is 5.41 Å². The Hall–Kier alpha value is -2.04. The quantitative estimate of drug-likeness (QED) is 0.676. The predicted molar refractivity (Wildman–Crippen MR) is 104 cm³/mol. The molecule has 1 aromatic heterocycles. The summed E-state index contributed by atoms with van der Waals surface area (Å²) < 4.78 is 32.7. The van der Waals surface area contributed by atoms with Crippen LogP contribution in [0, 0.1) is 12.3 Å². The number of carbonyl (C=O) groups is 1. The van der Waals surface area contributed by atoms with E-state index in [4.69, 9.17) is 4.74 Å². The number of nitrogens with zero attached hydrogens (tertiary/aromatic N) is 2. The van der Waals surface area contributed by atoms with Gasteiger partial charge in [0.15, 0.2) is 0 Å². The van der Waals surface area contributed by atoms with E-state index in [0.29, 0.717) is 5.75 Å². The van der Waals surface area contributed by atoms with Gasteiger partial charge in [0.2, 0.25) is 15.4 Å². The zero-order valence-corrected chi connectivity index (χ0v) is 17.6. The summed E-state index contributed by atoms with van der Waals surface area (Å²) >= 11 is 0.797. The number of sulfonamides is 1. The Kier molecular flexibility index (Phi) is 6.55. The second-order valence-electron chi connectivity index (χ2n) is 7.22. The summed E-state index contributed by atoms with van der Waals surface area (Å²) in [4.78, 5) is 12.0. The summed E-state index contributed by atoms with van der Waals surface area (Å²) in [5, 5.41) is 10.1. The molecule has 1 amide bonds. The Morgan fingerprint density at radius 2 is 1.85 bits per heavy atom. The van der Waals surface area contributed by atoms with Gasteiger partial charge in [-0.05, 0) is 26.0 Å². The number of hydrogen-bond donors (Lipinski definition) is 2. The average Bonchev–Trinajstić information content (AvgIpc) is 3.02. The van der Waals surface area contributed by atoms with Crippen LogP contribution < -0.4 is 14.8 Å². The van der Waals surface area contributed by atoms with Crippen molar-refractivity contribution in [1.29, 1.82) is 0 Å². The number of benzene rings is 1. The lowest BCUT2D eigenvalue weighted by Gasteiger charge is -2.15. The molecule has 148 valence electrons. The first-order valence-electron chi connectivity index (χ1n) is 8.34. The van der Waals surface area contributed by atoms with Gasteiger partial charge in [0.25, 0.3) is 10.0 Å². The fourth-order valence-corrected chi connectivity index (χ4v) is 4.00. The number of rotatable bonds is 7. The van der Waals surface area contributed by atoms with E-state index in [1.165, 1.54) is 0 Å². The highest BCUT2D eigenvalue weighted by atomic mass is 32.2. The molecule has 10 heteroatoms. The summed E-state index contributed by atoms with van der Waals surface area (Å²) in [7, 11) is -3.86. The molecule has 1 heterocycles. The average molecular weight is 413 g/mol. The molecule has 8 nitrogen and oxygen atoms in total. The van der Waals surface area contributed by atoms with E-state index in [1.54, 1.807) is 27.7 Å². The van der Waals surface area contributed by atoms with Gasteiger partial charge in [0.05, 0.1) is 6.04 Å². The van der Waals surface area contributed by atoms with Crippen molar-refractivity contribution in [2.24, 2.45) is 5.41 Å². The topological polar surface area (TPSA) is 110 Å². The molecule has 1 aromatic carbocycles. The molecule has 0 saturated heterocycles. The smallest absolute Gasteiger partial charge is 0.270 e. The van der Waals surface area contributed by atoms with Crippen molar-refractivity contribution in [2.45, 2.75) is 45.0 Å². The Balaban J connectivity index is 1.95. The predicted octanol–water partition coefficient (Wildman–Crippen LogP) is 2.58. The van der Waals surface area contributed by atoms with E-state index >= 15 is 0 Å². The van der Waals surface area contributed by atoms with Gasteiger partial charge in [-0.1, -0.05) is 49.8 Å². The zero-order valence-electron chi connectivity index (χ0n) is 15.9. The van der Waals surface area contributed by atoms with Crippen LogP contribution in [0.5, 0.6) is 5.75 Å². The van der Waals surface area contributed by atoms with Gasteiger partial charge in [0.1, 0.15) is 12.4 Å². The van der Waals surface area contributed by atoms with Gasteiger partial charge >= 0.3 is 0 Å². The lowest BCUT2D eigenvalue weighted by molar-refractivity contribution is -0.123. The number of anilines is 1. The lowest BCUT2D eigenvalue weighted by atomic mass is 9.96. The molecule has 0 radical (unpaired) electrons. The molecule has 0 bridgehead atoms. The van der Waals surface area contributed by atoms with E-state index in [9.17, 15) is 13.2 Å².